The van der Waals surface area contributed by atoms with Crippen molar-refractivity contribution in [3.63, 3.8) is 0 Å². The summed E-state index contributed by atoms with van der Waals surface area (Å²) in [5.74, 6) is 7.12. The molecule has 1 atom stereocenters. The summed E-state index contributed by atoms with van der Waals surface area (Å²) >= 11 is 0. The molecule has 1 unspecified atom stereocenters. The Balaban J connectivity index is 0.00000106. The van der Waals surface area contributed by atoms with Gasteiger partial charge in [-0.2, -0.15) is 0 Å². The third-order valence-electron chi connectivity index (χ3n) is 5.58. The number of fused-ring (bicyclic) bond motifs is 1. The van der Waals surface area contributed by atoms with Crippen LogP contribution < -0.4 is 5.84 Å². The number of allylic oxidation sites excluding steroid dienone is 4. The Bertz CT molecular complexity index is 903. The van der Waals surface area contributed by atoms with E-state index in [1.165, 1.54) is 0 Å². The zero-order valence-electron chi connectivity index (χ0n) is 19.8. The molecule has 1 aliphatic rings. The molecule has 3 rings (SSSR count). The first-order valence-corrected chi connectivity index (χ1v) is 11.2. The van der Waals surface area contributed by atoms with Gasteiger partial charge in [0.1, 0.15) is 5.82 Å². The normalized spacial score (nSPS) is 19.4. The Morgan fingerprint density at radius 3 is 2.27 bits per heavy atom. The van der Waals surface area contributed by atoms with Crippen LogP contribution >= 0.6 is 0 Å². The van der Waals surface area contributed by atoms with E-state index in [-0.39, 0.29) is 5.41 Å². The molecule has 2 heterocycles. The molecule has 164 valence electrons. The van der Waals surface area contributed by atoms with Gasteiger partial charge >= 0.3 is 0 Å². The minimum atomic E-state index is -0.102. The average molecular weight is 409 g/mol. The minimum Gasteiger partial charge on any atom is -0.337 e. The predicted octanol–water partition coefficient (Wildman–Crippen LogP) is 6.95. The summed E-state index contributed by atoms with van der Waals surface area (Å²) in [7, 11) is 0. The third-order valence-corrected chi connectivity index (χ3v) is 5.58. The van der Waals surface area contributed by atoms with Crippen LogP contribution in [0.15, 0.2) is 73.1 Å². The predicted molar refractivity (Wildman–Crippen MR) is 132 cm³/mol. The van der Waals surface area contributed by atoms with Gasteiger partial charge in [0.25, 0.3) is 0 Å². The van der Waals surface area contributed by atoms with Crippen LogP contribution in [0.2, 0.25) is 0 Å². The second kappa shape index (κ2) is 11.4. The summed E-state index contributed by atoms with van der Waals surface area (Å²) < 4.78 is 1.67. The molecular weight excluding hydrogens is 368 g/mol. The third kappa shape index (κ3) is 4.38. The molecule has 2 aromatic rings. The maximum absolute atomic E-state index is 6.31. The maximum atomic E-state index is 6.31. The standard InChI is InChI=1S/C22H28N4.2C2H6/c1-6-11-19-16(4)22(8-3,14-7-2)17(5)25(19)15-21-24-18-12-9-10-13-20(18)26(21)23;2*1-2/h6,9-13H,1,4-5,7-8,14-15,23H2,2-3H3;2*1-2H3/b19-11+;;. The van der Waals surface area contributed by atoms with Crippen LogP contribution in [0.25, 0.3) is 11.0 Å². The number of hydrogen-bond donors (Lipinski definition) is 1. The van der Waals surface area contributed by atoms with Gasteiger partial charge in [0.15, 0.2) is 0 Å². The maximum Gasteiger partial charge on any atom is 0.148 e. The monoisotopic (exact) mass is 408 g/mol. The van der Waals surface area contributed by atoms with Crippen molar-refractivity contribution in [3.05, 3.63) is 78.9 Å². The molecule has 4 nitrogen and oxygen atoms in total. The van der Waals surface area contributed by atoms with Gasteiger partial charge < -0.3 is 10.7 Å². The molecule has 1 aromatic carbocycles. The van der Waals surface area contributed by atoms with Crippen LogP contribution in [0.1, 0.15) is 66.6 Å². The summed E-state index contributed by atoms with van der Waals surface area (Å²) in [6, 6.07) is 7.91. The van der Waals surface area contributed by atoms with Gasteiger partial charge in [-0.25, -0.2) is 9.66 Å². The lowest BCUT2D eigenvalue weighted by Gasteiger charge is -2.30. The number of aromatic nitrogens is 2. The van der Waals surface area contributed by atoms with E-state index in [9.17, 15) is 0 Å². The summed E-state index contributed by atoms with van der Waals surface area (Å²) in [4.78, 5) is 6.92. The van der Waals surface area contributed by atoms with Gasteiger partial charge in [-0.3, -0.25) is 0 Å². The molecule has 0 radical (unpaired) electrons. The lowest BCUT2D eigenvalue weighted by atomic mass is 9.74. The summed E-state index contributed by atoms with van der Waals surface area (Å²) in [6.07, 6.45) is 6.91. The molecule has 0 saturated carbocycles. The number of hydrogen-bond acceptors (Lipinski definition) is 3. The highest BCUT2D eigenvalue weighted by Crippen LogP contribution is 2.54. The summed E-state index contributed by atoms with van der Waals surface area (Å²) in [5, 5.41) is 0. The lowest BCUT2D eigenvalue weighted by Crippen LogP contribution is -2.25. The van der Waals surface area contributed by atoms with Crippen molar-refractivity contribution in [1.82, 2.24) is 14.6 Å². The van der Waals surface area contributed by atoms with E-state index >= 15 is 0 Å². The molecule has 30 heavy (non-hydrogen) atoms. The summed E-state index contributed by atoms with van der Waals surface area (Å²) in [5.41, 5.74) is 4.98. The topological polar surface area (TPSA) is 47.1 Å². The Kier molecular flexibility index (Phi) is 9.64. The molecule has 0 spiro atoms. The largest absolute Gasteiger partial charge is 0.337 e. The van der Waals surface area contributed by atoms with E-state index in [2.05, 4.69) is 38.5 Å². The van der Waals surface area contributed by atoms with Crippen molar-refractivity contribution in [1.29, 1.82) is 0 Å². The van der Waals surface area contributed by atoms with Crippen molar-refractivity contribution in [3.8, 4) is 0 Å². The van der Waals surface area contributed by atoms with Gasteiger partial charge in [0.05, 0.1) is 17.6 Å². The van der Waals surface area contributed by atoms with E-state index in [4.69, 9.17) is 10.8 Å². The number of nitrogens with two attached hydrogens (primary N) is 1. The van der Waals surface area contributed by atoms with Crippen LogP contribution in [-0.2, 0) is 6.54 Å². The van der Waals surface area contributed by atoms with Gasteiger partial charge in [-0.1, -0.05) is 85.9 Å². The highest BCUT2D eigenvalue weighted by Gasteiger charge is 2.45. The number of nitrogen functional groups attached to an aromatic ring is 1. The fraction of sp³-hybridized carbons (Fsp3) is 0.423. The molecule has 1 fully saturated rings. The van der Waals surface area contributed by atoms with Gasteiger partial charge in [-0.15, -0.1) is 0 Å². The average Bonchev–Trinajstić information content (AvgIpc) is 3.20. The van der Waals surface area contributed by atoms with Crippen LogP contribution in [0, 0.1) is 5.41 Å². The first-order chi connectivity index (χ1) is 14.5. The van der Waals surface area contributed by atoms with Crippen molar-refractivity contribution in [2.45, 2.75) is 67.3 Å². The molecule has 0 bridgehead atoms. The number of imidazole rings is 1. The number of nitrogens with zero attached hydrogens (tertiary/aromatic N) is 3. The molecule has 1 saturated heterocycles. The van der Waals surface area contributed by atoms with E-state index in [0.717, 1.165) is 53.1 Å². The number of likely N-dealkylation sites (tertiary alicyclic amines) is 1. The van der Waals surface area contributed by atoms with E-state index in [0.29, 0.717) is 6.54 Å². The van der Waals surface area contributed by atoms with Crippen LogP contribution in [0.5, 0.6) is 0 Å². The Morgan fingerprint density at radius 1 is 1.10 bits per heavy atom. The zero-order valence-corrected chi connectivity index (χ0v) is 19.8. The highest BCUT2D eigenvalue weighted by molar-refractivity contribution is 5.75. The molecule has 4 heteroatoms. The Labute approximate surface area is 183 Å². The second-order valence-corrected chi connectivity index (χ2v) is 6.87. The Hall–Kier alpha value is -2.75. The first kappa shape index (κ1) is 25.3. The zero-order chi connectivity index (χ0) is 22.9. The van der Waals surface area contributed by atoms with Gasteiger partial charge in [0.2, 0.25) is 0 Å². The molecule has 1 aromatic heterocycles. The molecule has 0 amide bonds. The molecule has 0 aliphatic carbocycles. The van der Waals surface area contributed by atoms with Crippen LogP contribution in [-0.4, -0.2) is 14.6 Å². The quantitative estimate of drug-likeness (QED) is 0.526. The lowest BCUT2D eigenvalue weighted by molar-refractivity contribution is 0.330. The summed E-state index contributed by atoms with van der Waals surface area (Å²) in [6.45, 7) is 25.7. The van der Waals surface area contributed by atoms with Crippen LogP contribution in [0.3, 0.4) is 0 Å². The van der Waals surface area contributed by atoms with Gasteiger partial charge in [0, 0.05) is 16.8 Å². The fourth-order valence-corrected chi connectivity index (χ4v) is 4.13. The van der Waals surface area contributed by atoms with E-state index in [1.54, 1.807) is 4.68 Å². The molecule has 2 N–H and O–H groups in total. The highest BCUT2D eigenvalue weighted by atomic mass is 15.3. The fourth-order valence-electron chi connectivity index (χ4n) is 4.13. The number of para-hydroxylation sites is 2. The van der Waals surface area contributed by atoms with Crippen LogP contribution in [0.4, 0.5) is 0 Å². The Morgan fingerprint density at radius 2 is 1.73 bits per heavy atom. The number of rotatable bonds is 6. The smallest absolute Gasteiger partial charge is 0.148 e. The minimum absolute atomic E-state index is 0.102. The van der Waals surface area contributed by atoms with Crippen molar-refractivity contribution < 1.29 is 0 Å². The van der Waals surface area contributed by atoms with Crippen molar-refractivity contribution in [2.75, 3.05) is 5.84 Å². The van der Waals surface area contributed by atoms with E-state index < -0.39 is 0 Å². The molecular formula is C26H40N4. The van der Waals surface area contributed by atoms with Gasteiger partial charge in [-0.05, 0) is 36.6 Å². The molecule has 1 aliphatic heterocycles. The van der Waals surface area contributed by atoms with Crippen molar-refractivity contribution in [2.24, 2.45) is 5.41 Å². The van der Waals surface area contributed by atoms with E-state index in [1.807, 2.05) is 64.1 Å². The SMILES string of the molecule is C=C/C=C1\C(=C)C(CC)(CCC)C(=C)N1Cc1nc2ccccc2n1N.CC.CC. The number of benzene rings is 1. The van der Waals surface area contributed by atoms with Crippen molar-refractivity contribution >= 4 is 11.0 Å². The first-order valence-electron chi connectivity index (χ1n) is 11.2. The second-order valence-electron chi connectivity index (χ2n) is 6.87.